The molecule has 1 fully saturated rings. The van der Waals surface area contributed by atoms with Crippen LogP contribution < -0.4 is 16.0 Å². The van der Waals surface area contributed by atoms with Gasteiger partial charge in [0.05, 0.1) is 10.6 Å². The summed E-state index contributed by atoms with van der Waals surface area (Å²) in [6.45, 7) is 1.55. The maximum atomic E-state index is 12.5. The molecule has 1 aliphatic carbocycles. The first-order chi connectivity index (χ1) is 11.7. The zero-order valence-electron chi connectivity index (χ0n) is 13.4. The first kappa shape index (κ1) is 15.5. The van der Waals surface area contributed by atoms with Crippen LogP contribution in [0.2, 0.25) is 0 Å². The molecule has 2 aromatic heterocycles. The number of anilines is 1. The number of aromatic nitrogens is 2. The van der Waals surface area contributed by atoms with Crippen molar-refractivity contribution in [1.82, 2.24) is 15.3 Å². The molecular formula is C17H21N5OS. The van der Waals surface area contributed by atoms with Gasteiger partial charge in [0.1, 0.15) is 5.65 Å². The number of hydrogen-bond acceptors (Lipinski definition) is 5. The van der Waals surface area contributed by atoms with E-state index in [-0.39, 0.29) is 11.9 Å². The van der Waals surface area contributed by atoms with Gasteiger partial charge in [-0.05, 0) is 30.9 Å². The van der Waals surface area contributed by atoms with Crippen LogP contribution in [0, 0.1) is 5.92 Å². The summed E-state index contributed by atoms with van der Waals surface area (Å²) in [6, 6.07) is 4.25. The van der Waals surface area contributed by atoms with Crippen molar-refractivity contribution in [1.29, 1.82) is 0 Å². The van der Waals surface area contributed by atoms with Gasteiger partial charge in [0.2, 0.25) is 0 Å². The fraction of sp³-hybridized carbons (Fsp3) is 0.412. The second-order valence-corrected chi connectivity index (χ2v) is 7.45. The molecular weight excluding hydrogens is 322 g/mol. The van der Waals surface area contributed by atoms with Crippen LogP contribution in [0.4, 0.5) is 5.69 Å². The lowest BCUT2D eigenvalue weighted by Gasteiger charge is -2.33. The molecule has 2 aliphatic rings. The van der Waals surface area contributed by atoms with Crippen molar-refractivity contribution >= 4 is 34.4 Å². The van der Waals surface area contributed by atoms with Gasteiger partial charge in [-0.25, -0.2) is 4.98 Å². The Balaban J connectivity index is 1.50. The van der Waals surface area contributed by atoms with Crippen molar-refractivity contribution in [2.45, 2.75) is 18.9 Å². The van der Waals surface area contributed by atoms with E-state index in [2.05, 4.69) is 20.2 Å². The van der Waals surface area contributed by atoms with E-state index in [4.69, 9.17) is 5.73 Å². The van der Waals surface area contributed by atoms with Crippen LogP contribution in [0.1, 0.15) is 12.8 Å². The Hall–Kier alpha value is -1.99. The number of fused-ring (bicyclic) bond motifs is 1. The lowest BCUT2D eigenvalue weighted by atomic mass is 9.80. The molecule has 1 saturated carbocycles. The van der Waals surface area contributed by atoms with E-state index < -0.39 is 0 Å². The average Bonchev–Trinajstić information content (AvgIpc) is 3.09. The molecule has 7 heteroatoms. The summed E-state index contributed by atoms with van der Waals surface area (Å²) >= 11 is 1.61. The minimum Gasteiger partial charge on any atom is -0.351 e. The molecule has 0 unspecified atom stereocenters. The maximum absolute atomic E-state index is 12.5. The van der Waals surface area contributed by atoms with Crippen LogP contribution in [-0.4, -0.2) is 40.8 Å². The van der Waals surface area contributed by atoms with Crippen molar-refractivity contribution in [2.24, 2.45) is 11.7 Å². The average molecular weight is 343 g/mol. The summed E-state index contributed by atoms with van der Waals surface area (Å²) in [5.41, 5.74) is 7.88. The Bertz CT molecular complexity index is 786. The topological polar surface area (TPSA) is 87.0 Å². The molecule has 6 nitrogen and oxygen atoms in total. The molecule has 0 aromatic carbocycles. The van der Waals surface area contributed by atoms with Gasteiger partial charge in [-0.15, -0.1) is 11.8 Å². The molecule has 0 saturated heterocycles. The molecule has 4 N–H and O–H groups in total. The quantitative estimate of drug-likeness (QED) is 0.788. The number of aromatic amines is 1. The predicted molar refractivity (Wildman–Crippen MR) is 97.7 cm³/mol. The second-order valence-electron chi connectivity index (χ2n) is 6.32. The van der Waals surface area contributed by atoms with Crippen LogP contribution in [0.25, 0.3) is 11.0 Å². The van der Waals surface area contributed by atoms with Gasteiger partial charge in [-0.3, -0.25) is 4.79 Å². The lowest BCUT2D eigenvalue weighted by Crippen LogP contribution is -2.46. The molecule has 2 atom stereocenters. The van der Waals surface area contributed by atoms with Gasteiger partial charge in [-0.2, -0.15) is 0 Å². The highest BCUT2D eigenvalue weighted by atomic mass is 32.2. The number of amides is 1. The van der Waals surface area contributed by atoms with E-state index in [9.17, 15) is 4.79 Å². The molecule has 1 amide bonds. The van der Waals surface area contributed by atoms with Gasteiger partial charge >= 0.3 is 0 Å². The molecule has 0 spiro atoms. The van der Waals surface area contributed by atoms with Gasteiger partial charge < -0.3 is 20.9 Å². The summed E-state index contributed by atoms with van der Waals surface area (Å²) < 4.78 is 0. The fourth-order valence-electron chi connectivity index (χ4n) is 3.17. The summed E-state index contributed by atoms with van der Waals surface area (Å²) in [7, 11) is 0. The number of H-pyrrole nitrogens is 1. The number of carbonyl (C=O) groups is 1. The number of hydrogen-bond donors (Lipinski definition) is 3. The summed E-state index contributed by atoms with van der Waals surface area (Å²) in [5, 5.41) is 4.11. The summed E-state index contributed by atoms with van der Waals surface area (Å²) in [6.07, 6.45) is 7.81. The minimum atomic E-state index is 0.00293. The van der Waals surface area contributed by atoms with E-state index in [1.807, 2.05) is 24.5 Å². The van der Waals surface area contributed by atoms with Gasteiger partial charge in [-0.1, -0.05) is 0 Å². The number of rotatable bonds is 4. The van der Waals surface area contributed by atoms with Crippen molar-refractivity contribution in [3.63, 3.8) is 0 Å². The summed E-state index contributed by atoms with van der Waals surface area (Å²) in [5.74, 6) is 1.32. The Morgan fingerprint density at radius 2 is 2.38 bits per heavy atom. The number of nitrogens with zero attached hydrogens (tertiary/aromatic N) is 2. The number of thioether (sulfide) groups is 1. The number of nitrogens with two attached hydrogens (primary N) is 1. The van der Waals surface area contributed by atoms with E-state index in [1.54, 1.807) is 18.0 Å². The zero-order valence-corrected chi connectivity index (χ0v) is 14.2. The van der Waals surface area contributed by atoms with Crippen molar-refractivity contribution in [2.75, 3.05) is 23.7 Å². The first-order valence-electron chi connectivity index (χ1n) is 8.29. The lowest BCUT2D eigenvalue weighted by molar-refractivity contribution is -0.117. The largest absolute Gasteiger partial charge is 0.351 e. The van der Waals surface area contributed by atoms with Gasteiger partial charge in [0.25, 0.3) is 5.91 Å². The Morgan fingerprint density at radius 1 is 1.46 bits per heavy atom. The second kappa shape index (κ2) is 6.49. The van der Waals surface area contributed by atoms with Crippen LogP contribution in [-0.2, 0) is 4.79 Å². The van der Waals surface area contributed by atoms with Gasteiger partial charge in [0.15, 0.2) is 0 Å². The highest BCUT2D eigenvalue weighted by Gasteiger charge is 2.28. The van der Waals surface area contributed by atoms with E-state index in [1.165, 1.54) is 0 Å². The van der Waals surface area contributed by atoms with Crippen molar-refractivity contribution < 1.29 is 4.79 Å². The monoisotopic (exact) mass is 343 g/mol. The molecule has 0 bridgehead atoms. The third-order valence-electron chi connectivity index (χ3n) is 4.83. The number of pyridine rings is 1. The molecule has 2 aromatic rings. The Kier molecular flexibility index (Phi) is 4.20. The normalized spacial score (nSPS) is 23.7. The van der Waals surface area contributed by atoms with E-state index >= 15 is 0 Å². The van der Waals surface area contributed by atoms with Crippen LogP contribution in [0.15, 0.2) is 35.6 Å². The predicted octanol–water partition coefficient (Wildman–Crippen LogP) is 1.81. The maximum Gasteiger partial charge on any atom is 0.259 e. The third kappa shape index (κ3) is 2.89. The minimum absolute atomic E-state index is 0.00293. The van der Waals surface area contributed by atoms with Crippen LogP contribution >= 0.6 is 11.8 Å². The molecule has 0 radical (unpaired) electrons. The highest BCUT2D eigenvalue weighted by Crippen LogP contribution is 2.31. The fourth-order valence-corrected chi connectivity index (χ4v) is 4.08. The number of carbonyl (C=O) groups excluding carboxylic acids is 1. The van der Waals surface area contributed by atoms with E-state index in [0.717, 1.165) is 46.8 Å². The van der Waals surface area contributed by atoms with Crippen molar-refractivity contribution in [3.8, 4) is 0 Å². The highest BCUT2D eigenvalue weighted by molar-refractivity contribution is 8.04. The van der Waals surface area contributed by atoms with E-state index in [0.29, 0.717) is 12.5 Å². The number of nitrogens with one attached hydrogen (secondary N) is 2. The smallest absolute Gasteiger partial charge is 0.259 e. The molecule has 126 valence electrons. The van der Waals surface area contributed by atoms with Crippen LogP contribution in [0.5, 0.6) is 0 Å². The zero-order chi connectivity index (χ0) is 16.5. The Morgan fingerprint density at radius 3 is 3.17 bits per heavy atom. The third-order valence-corrected chi connectivity index (χ3v) is 5.82. The standard InChI is InChI=1S/C17H21N5OS/c18-13-2-1-11(13)9-21-17(23)15-10-22(7-8-24-15)14-4-6-20-16-12(14)3-5-19-16/h3-6,10-11,13H,1-2,7-9,18H2,(H,19,20)(H,21,23)/t11-,13-/m0/s1. The SMILES string of the molecule is N[C@H]1CC[C@H]1CNC(=O)C1=CN(c2ccnc3[nH]ccc23)CCS1. The van der Waals surface area contributed by atoms with Crippen LogP contribution in [0.3, 0.4) is 0 Å². The first-order valence-corrected chi connectivity index (χ1v) is 9.28. The van der Waals surface area contributed by atoms with Crippen molar-refractivity contribution in [3.05, 3.63) is 35.6 Å². The molecule has 1 aliphatic heterocycles. The molecule has 24 heavy (non-hydrogen) atoms. The summed E-state index contributed by atoms with van der Waals surface area (Å²) in [4.78, 5) is 22.8. The molecule has 4 rings (SSSR count). The Labute approximate surface area is 144 Å². The van der Waals surface area contributed by atoms with Gasteiger partial charge in [0, 0.05) is 48.9 Å². The molecule has 3 heterocycles.